The fourth-order valence-electron chi connectivity index (χ4n) is 0.602. The van der Waals surface area contributed by atoms with Gasteiger partial charge in [0.1, 0.15) is 0 Å². The summed E-state index contributed by atoms with van der Waals surface area (Å²) in [6.45, 7) is 3.18. The van der Waals surface area contributed by atoms with Crippen LogP contribution in [0.4, 0.5) is 0 Å². The molecule has 5 heteroatoms. The molecule has 0 bridgehead atoms. The van der Waals surface area contributed by atoms with Crippen molar-refractivity contribution in [3.8, 4) is 0 Å². The van der Waals surface area contributed by atoms with Gasteiger partial charge < -0.3 is 15.3 Å². The average Bonchev–Trinajstić information content (AvgIpc) is 1.87. The molecule has 0 saturated heterocycles. The minimum atomic E-state index is -1.92. The second-order valence-corrected chi connectivity index (χ2v) is 2.33. The van der Waals surface area contributed by atoms with Crippen LogP contribution >= 0.6 is 0 Å². The molecule has 0 fully saturated rings. The number of carbonyl (C=O) groups is 1. The van der Waals surface area contributed by atoms with Crippen LogP contribution in [0.5, 0.6) is 0 Å². The number of aliphatic carboxylic acids is 1. The second kappa shape index (κ2) is 6.62. The van der Waals surface area contributed by atoms with Crippen molar-refractivity contribution in [1.29, 1.82) is 0 Å². The van der Waals surface area contributed by atoms with Crippen LogP contribution in [0, 0.1) is 0 Å². The molecular formula is C7H13NaO4. The molecule has 0 aromatic heterocycles. The van der Waals surface area contributed by atoms with Crippen molar-refractivity contribution < 1.29 is 20.1 Å². The van der Waals surface area contributed by atoms with Gasteiger partial charge in [-0.2, -0.15) is 0 Å². The molecule has 0 atom stereocenters. The number of carboxylic acids is 1. The van der Waals surface area contributed by atoms with Gasteiger partial charge in [0.05, 0.1) is 0 Å². The van der Waals surface area contributed by atoms with Crippen LogP contribution in [0.15, 0.2) is 12.7 Å². The van der Waals surface area contributed by atoms with Crippen LogP contribution in [0.3, 0.4) is 0 Å². The van der Waals surface area contributed by atoms with E-state index in [2.05, 4.69) is 6.58 Å². The number of carboxylic acid groups (broad SMARTS) is 1. The fourth-order valence-corrected chi connectivity index (χ4v) is 0.602. The maximum absolute atomic E-state index is 9.98. The van der Waals surface area contributed by atoms with Crippen molar-refractivity contribution in [2.24, 2.45) is 0 Å². The Morgan fingerprint density at radius 3 is 2.33 bits per heavy atom. The van der Waals surface area contributed by atoms with Gasteiger partial charge in [-0.05, 0) is 12.5 Å². The van der Waals surface area contributed by atoms with Gasteiger partial charge in [0.2, 0.25) is 0 Å². The van der Waals surface area contributed by atoms with Crippen LogP contribution in [0.25, 0.3) is 0 Å². The molecule has 12 heavy (non-hydrogen) atoms. The summed E-state index contributed by atoms with van der Waals surface area (Å²) in [5.74, 6) is -2.86. The van der Waals surface area contributed by atoms with Crippen LogP contribution in [0.2, 0.25) is 0 Å². The molecular weight excluding hydrogens is 171 g/mol. The number of hydrogen-bond donors (Lipinski definition) is 3. The van der Waals surface area contributed by atoms with E-state index in [1.54, 1.807) is 0 Å². The first-order chi connectivity index (χ1) is 4.98. The Hall–Kier alpha value is 0.130. The molecule has 4 nitrogen and oxygen atoms in total. The predicted molar refractivity (Wildman–Crippen MR) is 46.0 cm³/mol. The van der Waals surface area contributed by atoms with Gasteiger partial charge in [-0.25, -0.2) is 0 Å². The summed E-state index contributed by atoms with van der Waals surface area (Å²) in [5.41, 5.74) is 0. The second-order valence-electron chi connectivity index (χ2n) is 2.33. The third-order valence-corrected chi connectivity index (χ3v) is 1.26. The normalized spacial score (nSPS) is 10.2. The average molecular weight is 184 g/mol. The molecule has 0 rings (SSSR count). The first-order valence-corrected chi connectivity index (χ1v) is 3.28. The van der Waals surface area contributed by atoms with E-state index in [1.807, 2.05) is 0 Å². The van der Waals surface area contributed by atoms with E-state index in [9.17, 15) is 4.79 Å². The summed E-state index contributed by atoms with van der Waals surface area (Å²) >= 11 is 0. The molecule has 3 N–H and O–H groups in total. The van der Waals surface area contributed by atoms with E-state index in [0.29, 0.717) is 0 Å². The van der Waals surface area contributed by atoms with E-state index < -0.39 is 11.8 Å². The van der Waals surface area contributed by atoms with Crippen LogP contribution in [0.1, 0.15) is 19.3 Å². The quantitative estimate of drug-likeness (QED) is 0.304. The minimum absolute atomic E-state index is 0. The van der Waals surface area contributed by atoms with Crippen molar-refractivity contribution in [1.82, 2.24) is 0 Å². The van der Waals surface area contributed by atoms with Crippen molar-refractivity contribution >= 4 is 35.5 Å². The first-order valence-electron chi connectivity index (χ1n) is 3.28. The zero-order valence-corrected chi connectivity index (χ0v) is 6.16. The topological polar surface area (TPSA) is 77.8 Å². The molecule has 0 saturated carbocycles. The Morgan fingerprint density at radius 2 is 2.00 bits per heavy atom. The molecule has 0 unspecified atom stereocenters. The summed E-state index contributed by atoms with van der Waals surface area (Å²) in [6, 6.07) is 0. The summed E-state index contributed by atoms with van der Waals surface area (Å²) in [5, 5.41) is 26.0. The van der Waals surface area contributed by atoms with E-state index in [1.165, 1.54) is 0 Å². The van der Waals surface area contributed by atoms with E-state index in [0.717, 1.165) is 6.08 Å². The molecule has 0 heterocycles. The molecule has 0 aliphatic heterocycles. The monoisotopic (exact) mass is 184 g/mol. The van der Waals surface area contributed by atoms with Gasteiger partial charge in [0, 0.05) is 12.8 Å². The molecule has 0 aromatic carbocycles. The van der Waals surface area contributed by atoms with Crippen molar-refractivity contribution in [3.05, 3.63) is 12.7 Å². The molecule has 0 radical (unpaired) electrons. The number of hydrogen-bond acceptors (Lipinski definition) is 3. The molecule has 0 aliphatic carbocycles. The molecule has 0 amide bonds. The van der Waals surface area contributed by atoms with Crippen molar-refractivity contribution in [2.75, 3.05) is 0 Å². The Balaban J connectivity index is 0. The van der Waals surface area contributed by atoms with Gasteiger partial charge in [0.25, 0.3) is 0 Å². The molecule has 66 valence electrons. The van der Waals surface area contributed by atoms with Gasteiger partial charge >= 0.3 is 35.5 Å². The third kappa shape index (κ3) is 8.23. The molecule has 0 spiro atoms. The third-order valence-electron chi connectivity index (χ3n) is 1.26. The Labute approximate surface area is 93.2 Å². The first kappa shape index (κ1) is 14.6. The van der Waals surface area contributed by atoms with E-state index in [4.69, 9.17) is 15.3 Å². The van der Waals surface area contributed by atoms with Gasteiger partial charge in [-0.15, -0.1) is 0 Å². The number of aliphatic hydroxyl groups is 2. The predicted octanol–water partition coefficient (Wildman–Crippen LogP) is -0.540. The van der Waals surface area contributed by atoms with E-state index in [-0.39, 0.29) is 48.8 Å². The molecule has 0 aromatic rings. The zero-order valence-electron chi connectivity index (χ0n) is 6.16. The Bertz CT molecular complexity index is 155. The summed E-state index contributed by atoms with van der Waals surface area (Å²) in [7, 11) is 0. The zero-order chi connectivity index (χ0) is 8.91. The van der Waals surface area contributed by atoms with E-state index >= 15 is 0 Å². The number of rotatable bonds is 5. The maximum atomic E-state index is 9.98. The van der Waals surface area contributed by atoms with Gasteiger partial charge in [0.15, 0.2) is 5.79 Å². The van der Waals surface area contributed by atoms with Crippen molar-refractivity contribution in [2.45, 2.75) is 25.0 Å². The Morgan fingerprint density at radius 1 is 1.50 bits per heavy atom. The van der Waals surface area contributed by atoms with Crippen molar-refractivity contribution in [3.63, 3.8) is 0 Å². The molecule has 0 aliphatic rings. The summed E-state index contributed by atoms with van der Waals surface area (Å²) < 4.78 is 0. The Kier molecular flexibility index (Phi) is 8.08. The fraction of sp³-hybridized carbons (Fsp3) is 0.571. The summed E-state index contributed by atoms with van der Waals surface area (Å²) in [4.78, 5) is 9.98. The van der Waals surface area contributed by atoms with Gasteiger partial charge in [-0.1, -0.05) is 6.58 Å². The van der Waals surface area contributed by atoms with Crippen LogP contribution in [-0.2, 0) is 4.79 Å². The SMILES string of the molecule is C=CC(O)(O)CCCC(=O)O.[NaH]. The van der Waals surface area contributed by atoms with Gasteiger partial charge in [-0.3, -0.25) is 4.79 Å². The van der Waals surface area contributed by atoms with Crippen LogP contribution < -0.4 is 0 Å². The standard InChI is InChI=1S/C7H12O4.Na.H/c1-2-7(10,11)5-3-4-6(8)9;;/h2,10-11H,1,3-5H2,(H,8,9);;. The summed E-state index contributed by atoms with van der Waals surface area (Å²) in [6.07, 6.45) is 1.16. The van der Waals surface area contributed by atoms with Crippen LogP contribution in [-0.4, -0.2) is 56.6 Å².